The second kappa shape index (κ2) is 4.01. The highest BCUT2D eigenvalue weighted by Crippen LogP contribution is 2.26. The molecule has 0 spiro atoms. The Morgan fingerprint density at radius 2 is 2.20 bits per heavy atom. The molecule has 1 heterocycles. The molecule has 0 amide bonds. The number of aromatic nitrogens is 2. The van der Waals surface area contributed by atoms with Crippen molar-refractivity contribution in [1.29, 1.82) is 0 Å². The molecule has 0 radical (unpaired) electrons. The minimum Gasteiger partial charge on any atom is -0.321 e. The Bertz CT molecular complexity index is 399. The lowest BCUT2D eigenvalue weighted by Crippen LogP contribution is -2.23. The highest BCUT2D eigenvalue weighted by Gasteiger charge is 2.33. The number of nitrogens with one attached hydrogen (secondary N) is 1. The normalized spacial score (nSPS) is 13.9. The zero-order valence-corrected chi connectivity index (χ0v) is 7.93. The van der Waals surface area contributed by atoms with E-state index in [-0.39, 0.29) is 5.82 Å². The van der Waals surface area contributed by atoms with Crippen LogP contribution in [0.5, 0.6) is 0 Å². The highest BCUT2D eigenvalue weighted by atomic mass is 19.4. The molecule has 1 unspecified atom stereocenters. The maximum absolute atomic E-state index is 12.3. The molecule has 0 fully saturated rings. The molecule has 0 bridgehead atoms. The van der Waals surface area contributed by atoms with E-state index >= 15 is 0 Å². The molecule has 1 aromatic rings. The largest absolute Gasteiger partial charge is 0.433 e. The Morgan fingerprint density at radius 3 is 2.67 bits per heavy atom. The van der Waals surface area contributed by atoms with E-state index in [1.165, 1.54) is 0 Å². The lowest BCUT2D eigenvalue weighted by Gasteiger charge is -2.10. The topological polar surface area (TPSA) is 71.8 Å². The number of aromatic amines is 1. The molecule has 4 nitrogen and oxygen atoms in total. The van der Waals surface area contributed by atoms with Crippen LogP contribution in [0.25, 0.3) is 0 Å². The van der Waals surface area contributed by atoms with Crippen LogP contribution in [0.2, 0.25) is 0 Å². The average molecular weight is 221 g/mol. The van der Waals surface area contributed by atoms with Crippen LogP contribution in [-0.4, -0.2) is 9.97 Å². The minimum absolute atomic E-state index is 0.141. The molecule has 1 aromatic heterocycles. The van der Waals surface area contributed by atoms with Crippen molar-refractivity contribution in [3.63, 3.8) is 0 Å². The molecule has 1 atom stereocenters. The van der Waals surface area contributed by atoms with Crippen molar-refractivity contribution >= 4 is 0 Å². The fraction of sp³-hybridized carbons (Fsp3) is 0.500. The summed E-state index contributed by atoms with van der Waals surface area (Å²) in [6, 6.07) is -0.286. The lowest BCUT2D eigenvalue weighted by molar-refractivity contribution is -0.141. The van der Waals surface area contributed by atoms with Crippen LogP contribution in [0.3, 0.4) is 0 Å². The van der Waals surface area contributed by atoms with E-state index in [0.717, 1.165) is 0 Å². The number of rotatable bonds is 2. The Morgan fingerprint density at radius 1 is 1.60 bits per heavy atom. The SMILES string of the molecule is CCC(N)c1nc(C(F)(F)F)cc(=O)[nH]1. The van der Waals surface area contributed by atoms with Gasteiger partial charge in [-0.3, -0.25) is 4.79 Å². The zero-order chi connectivity index (χ0) is 11.6. The van der Waals surface area contributed by atoms with Gasteiger partial charge in [-0.25, -0.2) is 4.98 Å². The summed E-state index contributed by atoms with van der Waals surface area (Å²) in [5.41, 5.74) is 3.41. The molecule has 1 rings (SSSR count). The summed E-state index contributed by atoms with van der Waals surface area (Å²) in [5.74, 6) is -0.141. The average Bonchev–Trinajstić information content (AvgIpc) is 2.14. The molecule has 0 aliphatic carbocycles. The van der Waals surface area contributed by atoms with E-state index in [0.29, 0.717) is 12.5 Å². The van der Waals surface area contributed by atoms with Crippen LogP contribution >= 0.6 is 0 Å². The molecule has 84 valence electrons. The second-order valence-corrected chi connectivity index (χ2v) is 3.03. The predicted octanol–water partition coefficient (Wildman–Crippen LogP) is 1.20. The molecule has 0 saturated carbocycles. The van der Waals surface area contributed by atoms with Crippen molar-refractivity contribution in [2.75, 3.05) is 0 Å². The molecular weight excluding hydrogens is 211 g/mol. The molecule has 7 heteroatoms. The van der Waals surface area contributed by atoms with Gasteiger partial charge in [-0.2, -0.15) is 13.2 Å². The van der Waals surface area contributed by atoms with Crippen molar-refractivity contribution in [1.82, 2.24) is 9.97 Å². The van der Waals surface area contributed by atoms with Gasteiger partial charge < -0.3 is 10.7 Å². The Labute approximate surface area is 83.3 Å². The third kappa shape index (κ3) is 2.79. The second-order valence-electron chi connectivity index (χ2n) is 3.03. The van der Waals surface area contributed by atoms with Gasteiger partial charge in [0.1, 0.15) is 5.82 Å². The number of halogens is 3. The predicted molar refractivity (Wildman–Crippen MR) is 47.1 cm³/mol. The van der Waals surface area contributed by atoms with E-state index < -0.39 is 23.5 Å². The highest BCUT2D eigenvalue weighted by molar-refractivity contribution is 5.08. The number of nitrogens with two attached hydrogens (primary N) is 1. The molecule has 0 aromatic carbocycles. The van der Waals surface area contributed by atoms with Gasteiger partial charge in [0.25, 0.3) is 5.56 Å². The van der Waals surface area contributed by atoms with E-state index in [9.17, 15) is 18.0 Å². The van der Waals surface area contributed by atoms with Crippen molar-refractivity contribution in [3.05, 3.63) is 27.9 Å². The van der Waals surface area contributed by atoms with Crippen molar-refractivity contribution < 1.29 is 13.2 Å². The lowest BCUT2D eigenvalue weighted by atomic mass is 10.2. The fourth-order valence-corrected chi connectivity index (χ4v) is 0.991. The summed E-state index contributed by atoms with van der Waals surface area (Å²) >= 11 is 0. The summed E-state index contributed by atoms with van der Waals surface area (Å²) in [4.78, 5) is 16.4. The molecular formula is C8H10F3N3O. The van der Waals surface area contributed by atoms with Gasteiger partial charge in [-0.15, -0.1) is 0 Å². The van der Waals surface area contributed by atoms with E-state index in [1.54, 1.807) is 6.92 Å². The summed E-state index contributed by atoms with van der Waals surface area (Å²) in [5, 5.41) is 0. The first-order valence-corrected chi connectivity index (χ1v) is 4.28. The minimum atomic E-state index is -4.63. The van der Waals surface area contributed by atoms with Crippen LogP contribution in [0, 0.1) is 0 Å². The summed E-state index contributed by atoms with van der Waals surface area (Å²) in [6.45, 7) is 1.69. The van der Waals surface area contributed by atoms with Crippen molar-refractivity contribution in [2.45, 2.75) is 25.6 Å². The van der Waals surface area contributed by atoms with Crippen molar-refractivity contribution in [2.24, 2.45) is 5.73 Å². The van der Waals surface area contributed by atoms with Gasteiger partial charge in [-0.1, -0.05) is 6.92 Å². The Hall–Kier alpha value is -1.37. The third-order valence-corrected chi connectivity index (χ3v) is 1.84. The van der Waals surface area contributed by atoms with E-state index in [1.807, 2.05) is 0 Å². The number of nitrogens with zero attached hydrogens (tertiary/aromatic N) is 1. The molecule has 0 aliphatic heterocycles. The van der Waals surface area contributed by atoms with Crippen molar-refractivity contribution in [3.8, 4) is 0 Å². The quantitative estimate of drug-likeness (QED) is 0.788. The molecule has 3 N–H and O–H groups in total. The monoisotopic (exact) mass is 221 g/mol. The maximum atomic E-state index is 12.3. The fourth-order valence-electron chi connectivity index (χ4n) is 0.991. The van der Waals surface area contributed by atoms with Gasteiger partial charge in [0.2, 0.25) is 0 Å². The number of hydrogen-bond donors (Lipinski definition) is 2. The number of hydrogen-bond acceptors (Lipinski definition) is 3. The van der Waals surface area contributed by atoms with Gasteiger partial charge >= 0.3 is 6.18 Å². The smallest absolute Gasteiger partial charge is 0.321 e. The van der Waals surface area contributed by atoms with Gasteiger partial charge in [-0.05, 0) is 6.42 Å². The summed E-state index contributed by atoms with van der Waals surface area (Å²) in [6.07, 6.45) is -4.24. The van der Waals surface area contributed by atoms with Crippen LogP contribution in [0.1, 0.15) is 30.9 Å². The Balaban J connectivity index is 3.23. The molecule has 15 heavy (non-hydrogen) atoms. The van der Waals surface area contributed by atoms with Gasteiger partial charge in [0.15, 0.2) is 5.69 Å². The van der Waals surface area contributed by atoms with Crippen LogP contribution in [0.4, 0.5) is 13.2 Å². The Kier molecular flexibility index (Phi) is 3.13. The number of H-pyrrole nitrogens is 1. The van der Waals surface area contributed by atoms with Gasteiger partial charge in [0, 0.05) is 6.07 Å². The first kappa shape index (κ1) is 11.7. The molecule has 0 saturated heterocycles. The third-order valence-electron chi connectivity index (χ3n) is 1.84. The standard InChI is InChI=1S/C8H10F3N3O/c1-2-4(12)7-13-5(8(9,10)11)3-6(15)14-7/h3-4H,2,12H2,1H3,(H,13,14,15). The van der Waals surface area contributed by atoms with Gasteiger partial charge in [0.05, 0.1) is 6.04 Å². The number of alkyl halides is 3. The van der Waals surface area contributed by atoms with E-state index in [2.05, 4.69) is 9.97 Å². The maximum Gasteiger partial charge on any atom is 0.433 e. The summed E-state index contributed by atoms with van der Waals surface area (Å²) < 4.78 is 36.8. The summed E-state index contributed by atoms with van der Waals surface area (Å²) in [7, 11) is 0. The van der Waals surface area contributed by atoms with E-state index in [4.69, 9.17) is 5.73 Å². The van der Waals surface area contributed by atoms with Crippen LogP contribution < -0.4 is 11.3 Å². The first-order chi connectivity index (χ1) is 6.84. The van der Waals surface area contributed by atoms with Crippen LogP contribution in [-0.2, 0) is 6.18 Å². The molecule has 0 aliphatic rings. The zero-order valence-electron chi connectivity index (χ0n) is 7.93. The first-order valence-electron chi connectivity index (χ1n) is 4.28. The van der Waals surface area contributed by atoms with Crippen LogP contribution in [0.15, 0.2) is 10.9 Å².